The van der Waals surface area contributed by atoms with Crippen molar-refractivity contribution in [3.8, 4) is 0 Å². The smallest absolute Gasteiger partial charge is 0.251 e. The first-order valence-corrected chi connectivity index (χ1v) is 4.45. The summed E-state index contributed by atoms with van der Waals surface area (Å²) in [6, 6.07) is 1.44. The molecule has 0 saturated heterocycles. The molecule has 76 valence electrons. The first kappa shape index (κ1) is 10.4. The molecule has 0 atom stereocenters. The molecule has 0 fully saturated rings. The van der Waals surface area contributed by atoms with E-state index in [9.17, 15) is 9.59 Å². The fourth-order valence-electron chi connectivity index (χ4n) is 1.07. The van der Waals surface area contributed by atoms with Gasteiger partial charge in [0, 0.05) is 18.8 Å². The van der Waals surface area contributed by atoms with E-state index in [1.165, 1.54) is 6.07 Å². The van der Waals surface area contributed by atoms with Gasteiger partial charge in [0.25, 0.3) is 5.56 Å². The van der Waals surface area contributed by atoms with Gasteiger partial charge < -0.3 is 10.3 Å². The van der Waals surface area contributed by atoms with Crippen molar-refractivity contribution in [2.45, 2.75) is 19.8 Å². The summed E-state index contributed by atoms with van der Waals surface area (Å²) >= 11 is 0. The fraction of sp³-hybridized carbons (Fsp3) is 0.444. The standard InChI is InChI=1S/C9H13N3O2/c1-3-6-4-9(14)12-7(11-6)5-8(13)10-2/h4H,3,5H2,1-2H3,(H,10,13)(H,11,12,14). The molecule has 0 radical (unpaired) electrons. The third-order valence-electron chi connectivity index (χ3n) is 1.81. The molecule has 1 heterocycles. The van der Waals surface area contributed by atoms with Crippen LogP contribution in [0.15, 0.2) is 10.9 Å². The van der Waals surface area contributed by atoms with Crippen LogP contribution in [-0.4, -0.2) is 22.9 Å². The molecule has 1 aromatic heterocycles. The molecule has 1 rings (SSSR count). The summed E-state index contributed by atoms with van der Waals surface area (Å²) in [5, 5.41) is 2.47. The molecule has 1 aromatic rings. The zero-order valence-corrected chi connectivity index (χ0v) is 8.26. The number of rotatable bonds is 3. The van der Waals surface area contributed by atoms with Gasteiger partial charge in [-0.1, -0.05) is 6.92 Å². The Kier molecular flexibility index (Phi) is 3.39. The van der Waals surface area contributed by atoms with Gasteiger partial charge >= 0.3 is 0 Å². The molecule has 0 aliphatic heterocycles. The molecule has 0 aliphatic carbocycles. The maximum Gasteiger partial charge on any atom is 0.251 e. The summed E-state index contributed by atoms with van der Waals surface area (Å²) in [7, 11) is 1.55. The summed E-state index contributed by atoms with van der Waals surface area (Å²) < 4.78 is 0. The second kappa shape index (κ2) is 4.55. The Morgan fingerprint density at radius 2 is 2.36 bits per heavy atom. The number of aromatic amines is 1. The highest BCUT2D eigenvalue weighted by Gasteiger charge is 2.04. The molecule has 14 heavy (non-hydrogen) atoms. The SMILES string of the molecule is CCc1cc(=O)[nH]c(CC(=O)NC)n1. The molecule has 0 saturated carbocycles. The first-order chi connectivity index (χ1) is 6.65. The number of carbonyl (C=O) groups excluding carboxylic acids is 1. The van der Waals surface area contributed by atoms with E-state index in [2.05, 4.69) is 15.3 Å². The number of H-pyrrole nitrogens is 1. The number of likely N-dealkylation sites (N-methyl/N-ethyl adjacent to an activating group) is 1. The number of hydrogen-bond donors (Lipinski definition) is 2. The topological polar surface area (TPSA) is 74.8 Å². The third kappa shape index (κ3) is 2.69. The van der Waals surface area contributed by atoms with Crippen molar-refractivity contribution < 1.29 is 4.79 Å². The minimum atomic E-state index is -0.212. The monoisotopic (exact) mass is 195 g/mol. The molecule has 0 unspecified atom stereocenters. The van der Waals surface area contributed by atoms with Crippen molar-refractivity contribution in [2.24, 2.45) is 0 Å². The Balaban J connectivity index is 2.92. The highest BCUT2D eigenvalue weighted by atomic mass is 16.1. The number of hydrogen-bond acceptors (Lipinski definition) is 3. The summed E-state index contributed by atoms with van der Waals surface area (Å²) in [4.78, 5) is 28.8. The Labute approximate surface area is 81.6 Å². The van der Waals surface area contributed by atoms with Crippen LogP contribution < -0.4 is 10.9 Å². The lowest BCUT2D eigenvalue weighted by Crippen LogP contribution is -2.23. The van der Waals surface area contributed by atoms with Crippen LogP contribution in [0.4, 0.5) is 0 Å². The Hall–Kier alpha value is -1.65. The van der Waals surface area contributed by atoms with Gasteiger partial charge in [-0.05, 0) is 6.42 Å². The zero-order valence-electron chi connectivity index (χ0n) is 8.26. The van der Waals surface area contributed by atoms with Gasteiger partial charge in [0.1, 0.15) is 5.82 Å². The molecule has 2 N–H and O–H groups in total. The van der Waals surface area contributed by atoms with E-state index in [-0.39, 0.29) is 17.9 Å². The lowest BCUT2D eigenvalue weighted by Gasteiger charge is -2.01. The number of aromatic nitrogens is 2. The predicted molar refractivity (Wildman–Crippen MR) is 52.0 cm³/mol. The number of aryl methyl sites for hydroxylation is 1. The third-order valence-corrected chi connectivity index (χ3v) is 1.81. The van der Waals surface area contributed by atoms with Crippen LogP contribution in [0.5, 0.6) is 0 Å². The van der Waals surface area contributed by atoms with Gasteiger partial charge in [-0.25, -0.2) is 4.98 Å². The van der Waals surface area contributed by atoms with Gasteiger partial charge in [0.15, 0.2) is 0 Å². The van der Waals surface area contributed by atoms with Crippen LogP contribution in [-0.2, 0) is 17.6 Å². The normalized spacial score (nSPS) is 9.86. The van der Waals surface area contributed by atoms with Crippen LogP contribution >= 0.6 is 0 Å². The maximum absolute atomic E-state index is 11.1. The number of amides is 1. The van der Waals surface area contributed by atoms with Crippen LogP contribution in [0.2, 0.25) is 0 Å². The molecular weight excluding hydrogens is 182 g/mol. The molecule has 0 bridgehead atoms. The van der Waals surface area contributed by atoms with Gasteiger partial charge in [0.2, 0.25) is 5.91 Å². The Bertz CT molecular complexity index is 384. The predicted octanol–water partition coefficient (Wildman–Crippen LogP) is -0.379. The number of nitrogens with zero attached hydrogens (tertiary/aromatic N) is 1. The number of nitrogens with one attached hydrogen (secondary N) is 2. The largest absolute Gasteiger partial charge is 0.359 e. The second-order valence-corrected chi connectivity index (χ2v) is 2.89. The van der Waals surface area contributed by atoms with E-state index in [1.54, 1.807) is 7.05 Å². The summed E-state index contributed by atoms with van der Waals surface area (Å²) in [5.74, 6) is 0.245. The second-order valence-electron chi connectivity index (χ2n) is 2.89. The quantitative estimate of drug-likeness (QED) is 0.690. The van der Waals surface area contributed by atoms with E-state index in [4.69, 9.17) is 0 Å². The van der Waals surface area contributed by atoms with E-state index < -0.39 is 0 Å². The van der Waals surface area contributed by atoms with Crippen molar-refractivity contribution in [1.29, 1.82) is 0 Å². The van der Waals surface area contributed by atoms with Crippen molar-refractivity contribution in [3.05, 3.63) is 27.9 Å². The van der Waals surface area contributed by atoms with Crippen LogP contribution in [0.25, 0.3) is 0 Å². The van der Waals surface area contributed by atoms with E-state index in [1.807, 2.05) is 6.92 Å². The average Bonchev–Trinajstić information content (AvgIpc) is 2.16. The number of carbonyl (C=O) groups is 1. The average molecular weight is 195 g/mol. The Morgan fingerprint density at radius 1 is 1.64 bits per heavy atom. The van der Waals surface area contributed by atoms with Crippen LogP contribution in [0.1, 0.15) is 18.4 Å². The van der Waals surface area contributed by atoms with Crippen molar-refractivity contribution in [1.82, 2.24) is 15.3 Å². The Morgan fingerprint density at radius 3 is 2.93 bits per heavy atom. The lowest BCUT2D eigenvalue weighted by molar-refractivity contribution is -0.120. The van der Waals surface area contributed by atoms with Gasteiger partial charge in [-0.15, -0.1) is 0 Å². The summed E-state index contributed by atoms with van der Waals surface area (Å²) in [5.41, 5.74) is 0.489. The highest BCUT2D eigenvalue weighted by Crippen LogP contribution is 1.93. The lowest BCUT2D eigenvalue weighted by atomic mass is 10.3. The molecule has 5 nitrogen and oxygen atoms in total. The minimum Gasteiger partial charge on any atom is -0.359 e. The zero-order chi connectivity index (χ0) is 10.6. The maximum atomic E-state index is 11.1. The van der Waals surface area contributed by atoms with Crippen molar-refractivity contribution in [3.63, 3.8) is 0 Å². The van der Waals surface area contributed by atoms with Gasteiger partial charge in [-0.2, -0.15) is 0 Å². The summed E-state index contributed by atoms with van der Waals surface area (Å²) in [6.45, 7) is 1.91. The van der Waals surface area contributed by atoms with Crippen LogP contribution in [0.3, 0.4) is 0 Å². The molecule has 1 amide bonds. The molecule has 5 heteroatoms. The molecular formula is C9H13N3O2. The minimum absolute atomic E-state index is 0.111. The van der Waals surface area contributed by atoms with Crippen molar-refractivity contribution in [2.75, 3.05) is 7.05 Å². The summed E-state index contributed by atoms with van der Waals surface area (Å²) in [6.07, 6.45) is 0.796. The first-order valence-electron chi connectivity index (χ1n) is 4.45. The van der Waals surface area contributed by atoms with E-state index in [0.717, 1.165) is 0 Å². The molecule has 0 spiro atoms. The van der Waals surface area contributed by atoms with Gasteiger partial charge in [-0.3, -0.25) is 9.59 Å². The molecule has 0 aromatic carbocycles. The van der Waals surface area contributed by atoms with Crippen molar-refractivity contribution >= 4 is 5.91 Å². The van der Waals surface area contributed by atoms with Crippen LogP contribution in [0, 0.1) is 0 Å². The molecule has 0 aliphatic rings. The van der Waals surface area contributed by atoms with E-state index in [0.29, 0.717) is 17.9 Å². The van der Waals surface area contributed by atoms with Gasteiger partial charge in [0.05, 0.1) is 6.42 Å². The highest BCUT2D eigenvalue weighted by molar-refractivity contribution is 5.77. The fourth-order valence-corrected chi connectivity index (χ4v) is 1.07. The van der Waals surface area contributed by atoms with E-state index >= 15 is 0 Å².